The Labute approximate surface area is 120 Å². The normalized spacial score (nSPS) is 14.3. The zero-order valence-corrected chi connectivity index (χ0v) is 13.3. The third-order valence-electron chi connectivity index (χ3n) is 3.70. The standard InChI is InChI=1S/C17H34O2/c1-5-8-9-11-16(4)17(15-19-13-6-2)12-10-14-18-7-3/h6,16-17H,2,5,7-15H2,1,3-4H3. The molecule has 0 spiro atoms. The molecular formula is C17H34O2. The van der Waals surface area contributed by atoms with Crippen LogP contribution in [0.3, 0.4) is 0 Å². The smallest absolute Gasteiger partial charge is 0.0644 e. The molecule has 0 N–H and O–H groups in total. The molecule has 0 aromatic rings. The SMILES string of the molecule is C=CCOCC(CCCOCC)C(C)CCCCC. The molecule has 2 heteroatoms. The maximum Gasteiger partial charge on any atom is 0.0644 e. The molecule has 0 heterocycles. The van der Waals surface area contributed by atoms with E-state index in [2.05, 4.69) is 27.4 Å². The van der Waals surface area contributed by atoms with Gasteiger partial charge in [0.25, 0.3) is 0 Å². The average molecular weight is 270 g/mol. The number of unbranched alkanes of at least 4 members (excludes halogenated alkanes) is 2. The summed E-state index contributed by atoms with van der Waals surface area (Å²) in [5.41, 5.74) is 0. The van der Waals surface area contributed by atoms with Gasteiger partial charge in [-0.25, -0.2) is 0 Å². The highest BCUT2D eigenvalue weighted by Crippen LogP contribution is 2.23. The quantitative estimate of drug-likeness (QED) is 0.332. The Morgan fingerprint density at radius 2 is 1.84 bits per heavy atom. The number of rotatable bonds is 14. The summed E-state index contributed by atoms with van der Waals surface area (Å²) in [6, 6.07) is 0. The monoisotopic (exact) mass is 270 g/mol. The van der Waals surface area contributed by atoms with Crippen molar-refractivity contribution in [1.29, 1.82) is 0 Å². The summed E-state index contributed by atoms with van der Waals surface area (Å²) in [7, 11) is 0. The lowest BCUT2D eigenvalue weighted by atomic mass is 9.86. The van der Waals surface area contributed by atoms with Gasteiger partial charge < -0.3 is 9.47 Å². The Morgan fingerprint density at radius 3 is 2.47 bits per heavy atom. The number of hydrogen-bond acceptors (Lipinski definition) is 2. The molecule has 2 atom stereocenters. The fourth-order valence-electron chi connectivity index (χ4n) is 2.38. The van der Waals surface area contributed by atoms with Crippen LogP contribution in [-0.2, 0) is 9.47 Å². The zero-order valence-electron chi connectivity index (χ0n) is 13.3. The predicted octanol–water partition coefficient (Wildman–Crippen LogP) is 4.84. The topological polar surface area (TPSA) is 18.5 Å². The van der Waals surface area contributed by atoms with Crippen molar-refractivity contribution in [3.05, 3.63) is 12.7 Å². The van der Waals surface area contributed by atoms with Gasteiger partial charge in [0.2, 0.25) is 0 Å². The molecule has 0 aliphatic heterocycles. The summed E-state index contributed by atoms with van der Waals surface area (Å²) < 4.78 is 11.1. The van der Waals surface area contributed by atoms with E-state index in [-0.39, 0.29) is 0 Å². The Hall–Kier alpha value is -0.340. The molecule has 114 valence electrons. The Bertz CT molecular complexity index is 192. The number of hydrogen-bond donors (Lipinski definition) is 0. The van der Waals surface area contributed by atoms with E-state index in [4.69, 9.17) is 9.47 Å². The summed E-state index contributed by atoms with van der Waals surface area (Å²) >= 11 is 0. The van der Waals surface area contributed by atoms with Crippen LogP contribution in [0.1, 0.15) is 59.3 Å². The van der Waals surface area contributed by atoms with E-state index >= 15 is 0 Å². The minimum Gasteiger partial charge on any atom is -0.382 e. The van der Waals surface area contributed by atoms with Crippen LogP contribution in [0, 0.1) is 11.8 Å². The second-order valence-electron chi connectivity index (χ2n) is 5.40. The van der Waals surface area contributed by atoms with Crippen molar-refractivity contribution in [2.75, 3.05) is 26.4 Å². The van der Waals surface area contributed by atoms with E-state index in [1.807, 2.05) is 6.08 Å². The summed E-state index contributed by atoms with van der Waals surface area (Å²) in [4.78, 5) is 0. The van der Waals surface area contributed by atoms with E-state index < -0.39 is 0 Å². The third-order valence-corrected chi connectivity index (χ3v) is 3.70. The average Bonchev–Trinajstić information content (AvgIpc) is 2.41. The van der Waals surface area contributed by atoms with Gasteiger partial charge in [-0.05, 0) is 31.6 Å². The van der Waals surface area contributed by atoms with Gasteiger partial charge in [0, 0.05) is 13.2 Å². The van der Waals surface area contributed by atoms with Crippen LogP contribution < -0.4 is 0 Å². The van der Waals surface area contributed by atoms with Crippen LogP contribution in [0.4, 0.5) is 0 Å². The first-order valence-electron chi connectivity index (χ1n) is 8.02. The first-order valence-corrected chi connectivity index (χ1v) is 8.02. The van der Waals surface area contributed by atoms with Crippen LogP contribution in [0.5, 0.6) is 0 Å². The predicted molar refractivity (Wildman–Crippen MR) is 83.5 cm³/mol. The van der Waals surface area contributed by atoms with Crippen molar-refractivity contribution >= 4 is 0 Å². The molecule has 0 fully saturated rings. The fourth-order valence-corrected chi connectivity index (χ4v) is 2.38. The largest absolute Gasteiger partial charge is 0.382 e. The lowest BCUT2D eigenvalue weighted by Crippen LogP contribution is -2.19. The zero-order chi connectivity index (χ0) is 14.3. The molecule has 0 saturated heterocycles. The number of ether oxygens (including phenoxy) is 2. The molecule has 2 unspecified atom stereocenters. The summed E-state index contributed by atoms with van der Waals surface area (Å²) in [5, 5.41) is 0. The maximum atomic E-state index is 5.67. The minimum absolute atomic E-state index is 0.664. The van der Waals surface area contributed by atoms with Gasteiger partial charge in [-0.1, -0.05) is 45.6 Å². The van der Waals surface area contributed by atoms with Gasteiger partial charge in [-0.2, -0.15) is 0 Å². The molecule has 0 aromatic carbocycles. The van der Waals surface area contributed by atoms with E-state index in [0.29, 0.717) is 12.5 Å². The molecule has 0 aliphatic rings. The van der Waals surface area contributed by atoms with Crippen LogP contribution in [0.25, 0.3) is 0 Å². The molecule has 0 bridgehead atoms. The van der Waals surface area contributed by atoms with Crippen molar-refractivity contribution in [2.45, 2.75) is 59.3 Å². The molecule has 2 nitrogen and oxygen atoms in total. The lowest BCUT2D eigenvalue weighted by Gasteiger charge is -2.24. The van der Waals surface area contributed by atoms with Gasteiger partial charge in [0.05, 0.1) is 13.2 Å². The highest BCUT2D eigenvalue weighted by atomic mass is 16.5. The van der Waals surface area contributed by atoms with Crippen molar-refractivity contribution in [2.24, 2.45) is 11.8 Å². The minimum atomic E-state index is 0.664. The molecule has 19 heavy (non-hydrogen) atoms. The Kier molecular flexibility index (Phi) is 13.8. The highest BCUT2D eigenvalue weighted by molar-refractivity contribution is 4.69. The van der Waals surface area contributed by atoms with Crippen molar-refractivity contribution in [3.63, 3.8) is 0 Å². The Morgan fingerprint density at radius 1 is 1.05 bits per heavy atom. The van der Waals surface area contributed by atoms with E-state index in [9.17, 15) is 0 Å². The van der Waals surface area contributed by atoms with Gasteiger partial charge >= 0.3 is 0 Å². The summed E-state index contributed by atoms with van der Waals surface area (Å²) in [6.45, 7) is 13.6. The summed E-state index contributed by atoms with van der Waals surface area (Å²) in [6.07, 6.45) is 9.52. The van der Waals surface area contributed by atoms with E-state index in [0.717, 1.165) is 32.2 Å². The summed E-state index contributed by atoms with van der Waals surface area (Å²) in [5.74, 6) is 1.41. The van der Waals surface area contributed by atoms with Crippen LogP contribution >= 0.6 is 0 Å². The maximum absolute atomic E-state index is 5.67. The molecule has 0 aromatic heterocycles. The second kappa shape index (κ2) is 14.1. The van der Waals surface area contributed by atoms with Crippen LogP contribution in [0.15, 0.2) is 12.7 Å². The highest BCUT2D eigenvalue weighted by Gasteiger charge is 2.16. The van der Waals surface area contributed by atoms with E-state index in [1.54, 1.807) is 0 Å². The van der Waals surface area contributed by atoms with E-state index in [1.165, 1.54) is 32.1 Å². The van der Waals surface area contributed by atoms with Crippen molar-refractivity contribution in [1.82, 2.24) is 0 Å². The van der Waals surface area contributed by atoms with Crippen LogP contribution in [-0.4, -0.2) is 26.4 Å². The molecule has 0 saturated carbocycles. The van der Waals surface area contributed by atoms with Crippen molar-refractivity contribution < 1.29 is 9.47 Å². The molecule has 0 aliphatic carbocycles. The van der Waals surface area contributed by atoms with Crippen molar-refractivity contribution in [3.8, 4) is 0 Å². The first-order chi connectivity index (χ1) is 9.26. The first kappa shape index (κ1) is 18.7. The van der Waals surface area contributed by atoms with Gasteiger partial charge in [0.1, 0.15) is 0 Å². The van der Waals surface area contributed by atoms with Gasteiger partial charge in [0.15, 0.2) is 0 Å². The molecule has 0 rings (SSSR count). The third kappa shape index (κ3) is 11.2. The van der Waals surface area contributed by atoms with Crippen LogP contribution in [0.2, 0.25) is 0 Å². The fraction of sp³-hybridized carbons (Fsp3) is 0.882. The second-order valence-corrected chi connectivity index (χ2v) is 5.40. The Balaban J connectivity index is 3.95. The molecule has 0 radical (unpaired) electrons. The molecular weight excluding hydrogens is 236 g/mol. The van der Waals surface area contributed by atoms with Gasteiger partial charge in [-0.15, -0.1) is 6.58 Å². The van der Waals surface area contributed by atoms with Gasteiger partial charge in [-0.3, -0.25) is 0 Å². The molecule has 0 amide bonds. The lowest BCUT2D eigenvalue weighted by molar-refractivity contribution is 0.0806.